The van der Waals surface area contributed by atoms with Crippen molar-refractivity contribution < 1.29 is 13.5 Å². The second-order valence-electron chi connectivity index (χ2n) is 4.71. The van der Waals surface area contributed by atoms with Crippen molar-refractivity contribution in [2.75, 3.05) is 6.61 Å². The van der Waals surface area contributed by atoms with Crippen LogP contribution in [-0.4, -0.2) is 6.61 Å². The first-order valence-electron chi connectivity index (χ1n) is 4.97. The van der Waals surface area contributed by atoms with Crippen LogP contribution in [0.2, 0.25) is 0 Å². The fourth-order valence-electron chi connectivity index (χ4n) is 1.08. The van der Waals surface area contributed by atoms with Crippen LogP contribution < -0.4 is 4.74 Å². The molecule has 1 rings (SSSR count). The molecule has 84 valence electrons. The van der Waals surface area contributed by atoms with Crippen LogP contribution in [0.1, 0.15) is 27.2 Å². The van der Waals surface area contributed by atoms with E-state index in [0.717, 1.165) is 6.42 Å². The maximum Gasteiger partial charge on any atom is 0.190 e. The molecule has 0 unspecified atom stereocenters. The summed E-state index contributed by atoms with van der Waals surface area (Å²) in [5, 5.41) is 0. The Kier molecular flexibility index (Phi) is 3.66. The van der Waals surface area contributed by atoms with Crippen molar-refractivity contribution in [3.8, 4) is 5.75 Å². The number of benzene rings is 1. The van der Waals surface area contributed by atoms with Crippen molar-refractivity contribution in [2.24, 2.45) is 5.41 Å². The van der Waals surface area contributed by atoms with Crippen molar-refractivity contribution in [3.05, 3.63) is 29.8 Å². The standard InChI is InChI=1S/C12H16F2O/c1-12(2,3)7-8-15-11-9(13)5-4-6-10(11)14/h4-6H,7-8H2,1-3H3. The predicted octanol–water partition coefficient (Wildman–Crippen LogP) is 3.78. The van der Waals surface area contributed by atoms with Gasteiger partial charge in [0.1, 0.15) is 0 Å². The molecule has 0 spiro atoms. The molecule has 1 aromatic carbocycles. The summed E-state index contributed by atoms with van der Waals surface area (Å²) >= 11 is 0. The zero-order valence-corrected chi connectivity index (χ0v) is 9.31. The number of ether oxygens (including phenoxy) is 1. The third kappa shape index (κ3) is 3.86. The van der Waals surface area contributed by atoms with E-state index in [1.165, 1.54) is 18.2 Å². The van der Waals surface area contributed by atoms with Gasteiger partial charge in [-0.15, -0.1) is 0 Å². The monoisotopic (exact) mass is 214 g/mol. The van der Waals surface area contributed by atoms with Gasteiger partial charge in [0.15, 0.2) is 17.4 Å². The number of hydrogen-bond donors (Lipinski definition) is 0. The number of rotatable bonds is 3. The molecule has 0 saturated heterocycles. The molecule has 0 fully saturated rings. The van der Waals surface area contributed by atoms with Gasteiger partial charge in [-0.3, -0.25) is 0 Å². The molecule has 0 N–H and O–H groups in total. The molecule has 15 heavy (non-hydrogen) atoms. The highest BCUT2D eigenvalue weighted by Gasteiger charge is 2.13. The van der Waals surface area contributed by atoms with Crippen molar-refractivity contribution in [2.45, 2.75) is 27.2 Å². The summed E-state index contributed by atoms with van der Waals surface area (Å²) in [6.45, 7) is 6.47. The Morgan fingerprint density at radius 1 is 1.13 bits per heavy atom. The van der Waals surface area contributed by atoms with Crippen LogP contribution in [0, 0.1) is 17.0 Å². The fraction of sp³-hybridized carbons (Fsp3) is 0.500. The first kappa shape index (κ1) is 12.0. The van der Waals surface area contributed by atoms with Gasteiger partial charge in [0, 0.05) is 0 Å². The van der Waals surface area contributed by atoms with E-state index in [2.05, 4.69) is 0 Å². The summed E-state index contributed by atoms with van der Waals surface area (Å²) in [6, 6.07) is 3.70. The lowest BCUT2D eigenvalue weighted by Gasteiger charge is -2.18. The van der Waals surface area contributed by atoms with Crippen LogP contribution >= 0.6 is 0 Å². The molecule has 0 aliphatic rings. The lowest BCUT2D eigenvalue weighted by atomic mass is 9.93. The van der Waals surface area contributed by atoms with E-state index in [0.29, 0.717) is 6.61 Å². The van der Waals surface area contributed by atoms with Crippen molar-refractivity contribution >= 4 is 0 Å². The van der Waals surface area contributed by atoms with Gasteiger partial charge in [-0.25, -0.2) is 8.78 Å². The maximum atomic E-state index is 13.1. The Balaban J connectivity index is 2.58. The zero-order valence-electron chi connectivity index (χ0n) is 9.31. The average Bonchev–Trinajstić information content (AvgIpc) is 2.08. The first-order chi connectivity index (χ1) is 6.90. The summed E-state index contributed by atoms with van der Waals surface area (Å²) in [4.78, 5) is 0. The van der Waals surface area contributed by atoms with Crippen molar-refractivity contribution in [1.29, 1.82) is 0 Å². The second kappa shape index (κ2) is 4.60. The Morgan fingerprint density at radius 3 is 2.13 bits per heavy atom. The predicted molar refractivity (Wildman–Crippen MR) is 55.9 cm³/mol. The summed E-state index contributed by atoms with van der Waals surface area (Å²) in [5.74, 6) is -1.57. The van der Waals surface area contributed by atoms with Crippen molar-refractivity contribution in [3.63, 3.8) is 0 Å². The van der Waals surface area contributed by atoms with E-state index < -0.39 is 11.6 Å². The topological polar surface area (TPSA) is 9.23 Å². The van der Waals surface area contributed by atoms with E-state index >= 15 is 0 Å². The number of hydrogen-bond acceptors (Lipinski definition) is 1. The summed E-state index contributed by atoms with van der Waals surface area (Å²) in [6.07, 6.45) is 0.751. The molecule has 1 aromatic rings. The largest absolute Gasteiger partial charge is 0.488 e. The van der Waals surface area contributed by atoms with E-state index in [9.17, 15) is 8.78 Å². The molecule has 0 heterocycles. The number of para-hydroxylation sites is 1. The van der Waals surface area contributed by atoms with Gasteiger partial charge in [0.2, 0.25) is 0 Å². The highest BCUT2D eigenvalue weighted by Crippen LogP contribution is 2.23. The molecule has 3 heteroatoms. The maximum absolute atomic E-state index is 13.1. The second-order valence-corrected chi connectivity index (χ2v) is 4.71. The summed E-state index contributed by atoms with van der Waals surface area (Å²) < 4.78 is 31.3. The molecule has 0 bridgehead atoms. The lowest BCUT2D eigenvalue weighted by Crippen LogP contribution is -2.12. The van der Waals surface area contributed by atoms with Crippen LogP contribution in [0.15, 0.2) is 18.2 Å². The van der Waals surface area contributed by atoms with Gasteiger partial charge in [-0.1, -0.05) is 26.8 Å². The first-order valence-corrected chi connectivity index (χ1v) is 4.97. The zero-order chi connectivity index (χ0) is 11.5. The van der Waals surface area contributed by atoms with Crippen LogP contribution in [-0.2, 0) is 0 Å². The van der Waals surface area contributed by atoms with Crippen LogP contribution in [0.5, 0.6) is 5.75 Å². The Labute approximate surface area is 89.1 Å². The molecule has 0 amide bonds. The minimum Gasteiger partial charge on any atom is -0.488 e. The Hall–Kier alpha value is -1.12. The SMILES string of the molecule is CC(C)(C)CCOc1c(F)cccc1F. The molecule has 0 aromatic heterocycles. The minimum absolute atomic E-state index is 0.0989. The smallest absolute Gasteiger partial charge is 0.190 e. The third-order valence-electron chi connectivity index (χ3n) is 2.02. The molecule has 0 radical (unpaired) electrons. The normalized spacial score (nSPS) is 11.5. The van der Waals surface area contributed by atoms with E-state index in [4.69, 9.17) is 4.74 Å². The van der Waals surface area contributed by atoms with Gasteiger partial charge in [0.05, 0.1) is 6.61 Å². The quantitative estimate of drug-likeness (QED) is 0.744. The average molecular weight is 214 g/mol. The van der Waals surface area contributed by atoms with Gasteiger partial charge < -0.3 is 4.74 Å². The third-order valence-corrected chi connectivity index (χ3v) is 2.02. The van der Waals surface area contributed by atoms with E-state index in [1.807, 2.05) is 20.8 Å². The van der Waals surface area contributed by atoms with Gasteiger partial charge in [0.25, 0.3) is 0 Å². The van der Waals surface area contributed by atoms with Gasteiger partial charge >= 0.3 is 0 Å². The molecule has 0 aliphatic carbocycles. The molecular formula is C12H16F2O. The minimum atomic E-state index is -0.649. The van der Waals surface area contributed by atoms with E-state index in [1.54, 1.807) is 0 Å². The van der Waals surface area contributed by atoms with E-state index in [-0.39, 0.29) is 11.2 Å². The highest BCUT2D eigenvalue weighted by molar-refractivity contribution is 5.25. The van der Waals surface area contributed by atoms with Gasteiger partial charge in [-0.05, 0) is 24.0 Å². The molecule has 0 aliphatic heterocycles. The highest BCUT2D eigenvalue weighted by atomic mass is 19.1. The van der Waals surface area contributed by atoms with Crippen molar-refractivity contribution in [1.82, 2.24) is 0 Å². The Bertz CT molecular complexity index is 309. The Morgan fingerprint density at radius 2 is 1.67 bits per heavy atom. The molecule has 0 saturated carbocycles. The number of halogens is 2. The lowest BCUT2D eigenvalue weighted by molar-refractivity contribution is 0.226. The summed E-state index contributed by atoms with van der Waals surface area (Å²) in [7, 11) is 0. The van der Waals surface area contributed by atoms with Crippen LogP contribution in [0.4, 0.5) is 8.78 Å². The van der Waals surface area contributed by atoms with Crippen LogP contribution in [0.3, 0.4) is 0 Å². The molecular weight excluding hydrogens is 198 g/mol. The summed E-state index contributed by atoms with van der Waals surface area (Å²) in [5.41, 5.74) is 0.0989. The molecule has 1 nitrogen and oxygen atoms in total. The fourth-order valence-corrected chi connectivity index (χ4v) is 1.08. The molecule has 0 atom stereocenters. The van der Waals surface area contributed by atoms with Gasteiger partial charge in [-0.2, -0.15) is 0 Å². The van der Waals surface area contributed by atoms with Crippen LogP contribution in [0.25, 0.3) is 0 Å².